The van der Waals surface area contributed by atoms with E-state index in [0.717, 1.165) is 17.6 Å². The Kier molecular flexibility index (Phi) is 8.55. The second kappa shape index (κ2) is 10.9. The minimum Gasteiger partial charge on any atom is -0.511 e. The van der Waals surface area contributed by atoms with Crippen LogP contribution in [-0.4, -0.2) is 33.9 Å². The van der Waals surface area contributed by atoms with Gasteiger partial charge in [0.05, 0.1) is 17.8 Å². The minimum atomic E-state index is -1.33. The van der Waals surface area contributed by atoms with Gasteiger partial charge in [-0.1, -0.05) is 51.8 Å². The van der Waals surface area contributed by atoms with Gasteiger partial charge in [-0.25, -0.2) is 0 Å². The van der Waals surface area contributed by atoms with Crippen LogP contribution in [0, 0.1) is 34.5 Å². The highest BCUT2D eigenvalue weighted by Gasteiger charge is 2.59. The van der Waals surface area contributed by atoms with E-state index in [2.05, 4.69) is 27.0 Å². The van der Waals surface area contributed by atoms with Gasteiger partial charge in [-0.2, -0.15) is 0 Å². The number of rotatable bonds is 11. The molecular formula is C32H46O6. The van der Waals surface area contributed by atoms with Gasteiger partial charge in [-0.05, 0) is 70.1 Å². The van der Waals surface area contributed by atoms with Crippen molar-refractivity contribution in [2.75, 3.05) is 0 Å². The Bertz CT molecular complexity index is 1100. The molecule has 1 heterocycles. The molecule has 0 aromatic carbocycles. The van der Waals surface area contributed by atoms with Crippen LogP contribution in [0.4, 0.5) is 0 Å². The molecule has 1 fully saturated rings. The van der Waals surface area contributed by atoms with Gasteiger partial charge in [0.2, 0.25) is 0 Å². The summed E-state index contributed by atoms with van der Waals surface area (Å²) in [6.45, 7) is 22.0. The Morgan fingerprint density at radius 2 is 1.82 bits per heavy atom. The summed E-state index contributed by atoms with van der Waals surface area (Å²) < 4.78 is 6.19. The maximum Gasteiger partial charge on any atom is 0.303 e. The molecule has 38 heavy (non-hydrogen) atoms. The Morgan fingerprint density at radius 3 is 2.32 bits per heavy atom. The summed E-state index contributed by atoms with van der Waals surface area (Å²) in [6.07, 6.45) is 2.50. The minimum absolute atomic E-state index is 0.00480. The number of carboxylic acid groups (broad SMARTS) is 1. The molecule has 3 rings (SSSR count). The highest BCUT2D eigenvalue weighted by molar-refractivity contribution is 6.25. The Morgan fingerprint density at radius 1 is 1.18 bits per heavy atom. The number of carbonyl (C=O) groups excluding carboxylic acids is 2. The fraction of sp³-hybridized carbons (Fsp3) is 0.656. The highest BCUT2D eigenvalue weighted by atomic mass is 16.5. The predicted octanol–water partition coefficient (Wildman–Crippen LogP) is 7.12. The van der Waals surface area contributed by atoms with Crippen LogP contribution in [0.15, 0.2) is 47.0 Å². The predicted molar refractivity (Wildman–Crippen MR) is 148 cm³/mol. The molecule has 0 bridgehead atoms. The SMILES string of the molecule is C=C(C)CCC1(CC2CC(C(=C)C)C2(C)C)C(=O)C2=C(OC(C)C(C)C2=O)C(C(CCC)CC(=O)O)=C1O. The number of allylic oxidation sites excluding steroid dienone is 5. The average molecular weight is 527 g/mol. The van der Waals surface area contributed by atoms with Crippen molar-refractivity contribution in [1.29, 1.82) is 0 Å². The number of aliphatic carboxylic acids is 1. The smallest absolute Gasteiger partial charge is 0.303 e. The summed E-state index contributed by atoms with van der Waals surface area (Å²) in [7, 11) is 0. The van der Waals surface area contributed by atoms with Crippen LogP contribution in [0.25, 0.3) is 0 Å². The molecule has 0 spiro atoms. The van der Waals surface area contributed by atoms with Crippen molar-refractivity contribution in [3.8, 4) is 0 Å². The molecule has 6 heteroatoms. The van der Waals surface area contributed by atoms with Gasteiger partial charge < -0.3 is 14.9 Å². The first-order chi connectivity index (χ1) is 17.6. The van der Waals surface area contributed by atoms with Gasteiger partial charge in [-0.15, -0.1) is 6.58 Å². The van der Waals surface area contributed by atoms with Crippen molar-refractivity contribution >= 4 is 17.5 Å². The van der Waals surface area contributed by atoms with E-state index >= 15 is 0 Å². The fourth-order valence-corrected chi connectivity index (χ4v) is 6.88. The summed E-state index contributed by atoms with van der Waals surface area (Å²) in [5.74, 6) is -2.35. The van der Waals surface area contributed by atoms with Gasteiger partial charge >= 0.3 is 5.97 Å². The largest absolute Gasteiger partial charge is 0.511 e. The highest BCUT2D eigenvalue weighted by Crippen LogP contribution is 2.61. The molecule has 0 amide bonds. The summed E-state index contributed by atoms with van der Waals surface area (Å²) in [6, 6.07) is 0. The first-order valence-electron chi connectivity index (χ1n) is 14.1. The molecule has 210 valence electrons. The molecule has 1 saturated carbocycles. The van der Waals surface area contributed by atoms with Crippen molar-refractivity contribution in [2.24, 2.45) is 34.5 Å². The van der Waals surface area contributed by atoms with Crippen LogP contribution in [-0.2, 0) is 19.1 Å². The summed E-state index contributed by atoms with van der Waals surface area (Å²) in [4.78, 5) is 40.1. The van der Waals surface area contributed by atoms with Crippen LogP contribution in [0.3, 0.4) is 0 Å². The second-order valence-corrected chi connectivity index (χ2v) is 12.8. The maximum atomic E-state index is 14.5. The molecule has 3 aliphatic rings. The van der Waals surface area contributed by atoms with Crippen LogP contribution < -0.4 is 0 Å². The van der Waals surface area contributed by atoms with Crippen molar-refractivity contribution in [3.63, 3.8) is 0 Å². The molecule has 6 unspecified atom stereocenters. The molecule has 6 nitrogen and oxygen atoms in total. The van der Waals surface area contributed by atoms with E-state index in [1.165, 1.54) is 0 Å². The van der Waals surface area contributed by atoms with Crippen molar-refractivity contribution in [3.05, 3.63) is 47.0 Å². The number of aliphatic hydroxyl groups excluding tert-OH is 1. The van der Waals surface area contributed by atoms with Crippen molar-refractivity contribution < 1.29 is 29.3 Å². The Labute approximate surface area is 227 Å². The Hall–Kier alpha value is -2.63. The van der Waals surface area contributed by atoms with E-state index in [9.17, 15) is 24.6 Å². The van der Waals surface area contributed by atoms with Crippen LogP contribution in [0.1, 0.15) is 93.4 Å². The fourth-order valence-electron chi connectivity index (χ4n) is 6.88. The zero-order valence-electron chi connectivity index (χ0n) is 24.3. The summed E-state index contributed by atoms with van der Waals surface area (Å²) >= 11 is 0. The van der Waals surface area contributed by atoms with Crippen molar-refractivity contribution in [1.82, 2.24) is 0 Å². The molecule has 2 N–H and O–H groups in total. The van der Waals surface area contributed by atoms with E-state index in [-0.39, 0.29) is 46.4 Å². The molecule has 1 aliphatic heterocycles. The quantitative estimate of drug-likeness (QED) is 0.220. The number of Topliss-reactive ketones (excluding diaryl/α,β-unsaturated/α-hetero) is 2. The molecule has 6 atom stereocenters. The Balaban J connectivity index is 2.27. The maximum absolute atomic E-state index is 14.5. The summed E-state index contributed by atoms with van der Waals surface area (Å²) in [5.41, 5.74) is 0.861. The number of ketones is 2. The van der Waals surface area contributed by atoms with Gasteiger partial charge in [0.1, 0.15) is 23.2 Å². The number of hydrogen-bond donors (Lipinski definition) is 2. The molecule has 0 aromatic heterocycles. The number of ether oxygens (including phenoxy) is 1. The van der Waals surface area contributed by atoms with Gasteiger partial charge in [0, 0.05) is 11.5 Å². The van der Waals surface area contributed by atoms with Gasteiger partial charge in [-0.3, -0.25) is 14.4 Å². The third-order valence-electron chi connectivity index (χ3n) is 9.61. The monoisotopic (exact) mass is 526 g/mol. The zero-order chi connectivity index (χ0) is 28.7. The number of aliphatic hydroxyl groups is 1. The lowest BCUT2D eigenvalue weighted by molar-refractivity contribution is -0.137. The molecule has 0 radical (unpaired) electrons. The topological polar surface area (TPSA) is 101 Å². The molecular weight excluding hydrogens is 480 g/mol. The van der Waals surface area contributed by atoms with Crippen LogP contribution >= 0.6 is 0 Å². The number of hydrogen-bond acceptors (Lipinski definition) is 5. The first-order valence-corrected chi connectivity index (χ1v) is 14.1. The van der Waals surface area contributed by atoms with E-state index in [0.29, 0.717) is 43.6 Å². The van der Waals surface area contributed by atoms with E-state index in [4.69, 9.17) is 4.74 Å². The lowest BCUT2D eigenvalue weighted by Crippen LogP contribution is -2.52. The average Bonchev–Trinajstić information content (AvgIpc) is 2.80. The molecule has 0 aromatic rings. The van der Waals surface area contributed by atoms with Crippen LogP contribution in [0.5, 0.6) is 0 Å². The molecule has 2 aliphatic carbocycles. The van der Waals surface area contributed by atoms with Crippen molar-refractivity contribution in [2.45, 2.75) is 99.5 Å². The van der Waals surface area contributed by atoms with Gasteiger partial charge in [0.15, 0.2) is 11.6 Å². The lowest BCUT2D eigenvalue weighted by atomic mass is 9.48. The second-order valence-electron chi connectivity index (χ2n) is 12.8. The number of carbonyl (C=O) groups is 3. The van der Waals surface area contributed by atoms with E-state index in [1.807, 2.05) is 20.8 Å². The van der Waals surface area contributed by atoms with E-state index in [1.54, 1.807) is 13.8 Å². The lowest BCUT2D eigenvalue weighted by Gasteiger charge is -2.56. The summed E-state index contributed by atoms with van der Waals surface area (Å²) in [5, 5.41) is 21.9. The first kappa shape index (κ1) is 29.9. The van der Waals surface area contributed by atoms with E-state index < -0.39 is 29.3 Å². The third kappa shape index (κ3) is 5.03. The standard InChI is InChI=1S/C32H46O6/c1-10-11-21(14-24(33)34)25-28-26(27(35)19(6)20(7)38-28)30(37)32(29(25)36,13-12-17(2)3)16-22-15-23(18(4)5)31(22,8)9/h19-23,36H,2,4,10-16H2,1,3,5-9H3,(H,33,34). The number of carboxylic acids is 1. The molecule has 0 saturated heterocycles. The van der Waals surface area contributed by atoms with Crippen LogP contribution in [0.2, 0.25) is 0 Å². The van der Waals surface area contributed by atoms with Gasteiger partial charge in [0.25, 0.3) is 0 Å². The normalized spacial score (nSPS) is 31.3. The third-order valence-corrected chi connectivity index (χ3v) is 9.61. The zero-order valence-corrected chi connectivity index (χ0v) is 24.3.